The summed E-state index contributed by atoms with van der Waals surface area (Å²) < 4.78 is 61.1. The Morgan fingerprint density at radius 1 is 1.03 bits per heavy atom. The lowest BCUT2D eigenvalue weighted by molar-refractivity contribution is -0.139. The third-order valence-corrected chi connectivity index (χ3v) is 5.39. The summed E-state index contributed by atoms with van der Waals surface area (Å²) in [5.74, 6) is -4.45. The standard InChI is InChI=1S/C25H20F4N2O3/c1-2-21-25(33)31(12-14-8-16(26)11-17(27)9-14)13-15-10-18(6-7-22(15)34-21)30-24(32)23-19(28)4-3-5-20(23)29/h3-11,21H,2,12-13H2,1H3,(H,30,32)/t21-/m0/s1. The molecule has 1 aliphatic rings. The lowest BCUT2D eigenvalue weighted by Crippen LogP contribution is -2.38. The van der Waals surface area contributed by atoms with Crippen LogP contribution in [-0.2, 0) is 17.9 Å². The molecule has 0 spiro atoms. The molecule has 0 radical (unpaired) electrons. The summed E-state index contributed by atoms with van der Waals surface area (Å²) >= 11 is 0. The van der Waals surface area contributed by atoms with Crippen molar-refractivity contribution in [1.82, 2.24) is 4.90 Å². The molecule has 9 heteroatoms. The maximum absolute atomic E-state index is 14.0. The molecule has 0 fully saturated rings. The number of hydrogen-bond acceptors (Lipinski definition) is 3. The highest BCUT2D eigenvalue weighted by Crippen LogP contribution is 2.30. The Hall–Kier alpha value is -3.88. The number of amides is 2. The molecule has 0 saturated heterocycles. The van der Waals surface area contributed by atoms with Gasteiger partial charge in [-0.1, -0.05) is 13.0 Å². The van der Waals surface area contributed by atoms with E-state index < -0.39 is 40.8 Å². The Kier molecular flexibility index (Phi) is 6.54. The number of nitrogens with zero attached hydrogens (tertiary/aromatic N) is 1. The maximum Gasteiger partial charge on any atom is 0.264 e. The first-order valence-electron chi connectivity index (χ1n) is 10.5. The maximum atomic E-state index is 14.0. The zero-order valence-corrected chi connectivity index (χ0v) is 18.1. The average molecular weight is 472 g/mol. The number of halogens is 4. The Labute approximate surface area is 193 Å². The van der Waals surface area contributed by atoms with Gasteiger partial charge in [-0.05, 0) is 54.4 Å². The fraction of sp³-hybridized carbons (Fsp3) is 0.200. The van der Waals surface area contributed by atoms with Crippen molar-refractivity contribution in [2.75, 3.05) is 5.32 Å². The van der Waals surface area contributed by atoms with Crippen LogP contribution >= 0.6 is 0 Å². The van der Waals surface area contributed by atoms with Crippen molar-refractivity contribution >= 4 is 17.5 Å². The van der Waals surface area contributed by atoms with Gasteiger partial charge in [0.25, 0.3) is 11.8 Å². The molecule has 34 heavy (non-hydrogen) atoms. The minimum absolute atomic E-state index is 0.0283. The quantitative estimate of drug-likeness (QED) is 0.520. The van der Waals surface area contributed by atoms with Gasteiger partial charge >= 0.3 is 0 Å². The van der Waals surface area contributed by atoms with E-state index in [4.69, 9.17) is 4.74 Å². The minimum atomic E-state index is -1.000. The summed E-state index contributed by atoms with van der Waals surface area (Å²) in [4.78, 5) is 26.9. The van der Waals surface area contributed by atoms with Crippen molar-refractivity contribution in [2.45, 2.75) is 32.5 Å². The molecule has 0 aliphatic carbocycles. The molecule has 3 aromatic rings. The third-order valence-electron chi connectivity index (χ3n) is 5.39. The molecule has 0 unspecified atom stereocenters. The number of rotatable bonds is 5. The van der Waals surface area contributed by atoms with Gasteiger partial charge in [0.1, 0.15) is 34.6 Å². The normalized spacial score (nSPS) is 15.4. The summed E-state index contributed by atoms with van der Waals surface area (Å²) in [6.45, 7) is 1.73. The van der Waals surface area contributed by atoms with Gasteiger partial charge in [0.05, 0.1) is 0 Å². The van der Waals surface area contributed by atoms with Crippen LogP contribution in [-0.4, -0.2) is 22.8 Å². The van der Waals surface area contributed by atoms with E-state index in [0.29, 0.717) is 17.7 Å². The van der Waals surface area contributed by atoms with Crippen LogP contribution in [0.4, 0.5) is 23.2 Å². The lowest BCUT2D eigenvalue weighted by atomic mass is 10.1. The number of benzene rings is 3. The summed E-state index contributed by atoms with van der Waals surface area (Å²) in [6.07, 6.45) is -0.454. The first kappa shape index (κ1) is 23.3. The van der Waals surface area contributed by atoms with Gasteiger partial charge in [-0.3, -0.25) is 9.59 Å². The van der Waals surface area contributed by atoms with Gasteiger partial charge in [-0.25, -0.2) is 17.6 Å². The molecular weight excluding hydrogens is 452 g/mol. The van der Waals surface area contributed by atoms with E-state index in [1.54, 1.807) is 13.0 Å². The zero-order chi connectivity index (χ0) is 24.4. The monoisotopic (exact) mass is 472 g/mol. The molecule has 0 saturated carbocycles. The van der Waals surface area contributed by atoms with Gasteiger partial charge in [0.15, 0.2) is 6.10 Å². The Morgan fingerprint density at radius 2 is 1.71 bits per heavy atom. The first-order chi connectivity index (χ1) is 16.2. The summed E-state index contributed by atoms with van der Waals surface area (Å²) in [7, 11) is 0. The summed E-state index contributed by atoms with van der Waals surface area (Å²) in [5.41, 5.74) is 0.287. The lowest BCUT2D eigenvalue weighted by Gasteiger charge is -2.23. The second-order valence-corrected chi connectivity index (χ2v) is 7.86. The molecule has 1 N–H and O–H groups in total. The Bertz CT molecular complexity index is 1220. The third kappa shape index (κ3) is 4.88. The molecular formula is C25H20F4N2O3. The van der Waals surface area contributed by atoms with Crippen molar-refractivity contribution in [3.8, 4) is 5.75 Å². The van der Waals surface area contributed by atoms with E-state index in [1.807, 2.05) is 0 Å². The molecule has 1 aliphatic heterocycles. The molecule has 5 nitrogen and oxygen atoms in total. The highest BCUT2D eigenvalue weighted by Gasteiger charge is 2.30. The molecule has 4 rings (SSSR count). The number of carbonyl (C=O) groups is 2. The molecule has 1 atom stereocenters. The van der Waals surface area contributed by atoms with E-state index >= 15 is 0 Å². The fourth-order valence-corrected chi connectivity index (χ4v) is 3.81. The second kappa shape index (κ2) is 9.54. The number of anilines is 1. The molecule has 1 heterocycles. The topological polar surface area (TPSA) is 58.6 Å². The van der Waals surface area contributed by atoms with E-state index in [-0.39, 0.29) is 30.2 Å². The number of fused-ring (bicyclic) bond motifs is 1. The Balaban J connectivity index is 1.62. The van der Waals surface area contributed by atoms with Crippen LogP contribution in [0.2, 0.25) is 0 Å². The van der Waals surface area contributed by atoms with Crippen molar-refractivity contribution in [3.63, 3.8) is 0 Å². The van der Waals surface area contributed by atoms with Gasteiger partial charge in [0.2, 0.25) is 0 Å². The average Bonchev–Trinajstić information content (AvgIpc) is 2.89. The highest BCUT2D eigenvalue weighted by atomic mass is 19.1. The number of ether oxygens (including phenoxy) is 1. The zero-order valence-electron chi connectivity index (χ0n) is 18.1. The van der Waals surface area contributed by atoms with E-state index in [2.05, 4.69) is 5.32 Å². The predicted octanol–water partition coefficient (Wildman–Crippen LogP) is 5.20. The van der Waals surface area contributed by atoms with Crippen molar-refractivity contribution in [1.29, 1.82) is 0 Å². The van der Waals surface area contributed by atoms with Gasteiger partial charge in [-0.15, -0.1) is 0 Å². The van der Waals surface area contributed by atoms with Crippen LogP contribution in [0, 0.1) is 23.3 Å². The van der Waals surface area contributed by atoms with Gasteiger partial charge in [0, 0.05) is 30.4 Å². The number of hydrogen-bond donors (Lipinski definition) is 1. The smallest absolute Gasteiger partial charge is 0.264 e. The molecule has 176 valence electrons. The van der Waals surface area contributed by atoms with E-state index in [9.17, 15) is 27.2 Å². The SMILES string of the molecule is CC[C@@H]1Oc2ccc(NC(=O)c3c(F)cccc3F)cc2CN(Cc2cc(F)cc(F)c2)C1=O. The number of carbonyl (C=O) groups excluding carboxylic acids is 2. The second-order valence-electron chi connectivity index (χ2n) is 7.86. The Morgan fingerprint density at radius 3 is 2.35 bits per heavy atom. The van der Waals surface area contributed by atoms with Crippen molar-refractivity contribution in [2.24, 2.45) is 0 Å². The van der Waals surface area contributed by atoms with Crippen LogP contribution < -0.4 is 10.1 Å². The number of nitrogens with one attached hydrogen (secondary N) is 1. The van der Waals surface area contributed by atoms with Crippen molar-refractivity contribution in [3.05, 3.63) is 94.6 Å². The highest BCUT2D eigenvalue weighted by molar-refractivity contribution is 6.04. The van der Waals surface area contributed by atoms with Crippen LogP contribution in [0.5, 0.6) is 5.75 Å². The molecule has 3 aromatic carbocycles. The predicted molar refractivity (Wildman–Crippen MR) is 116 cm³/mol. The van der Waals surface area contributed by atoms with Crippen LogP contribution in [0.3, 0.4) is 0 Å². The largest absolute Gasteiger partial charge is 0.480 e. The van der Waals surface area contributed by atoms with Crippen molar-refractivity contribution < 1.29 is 31.9 Å². The minimum Gasteiger partial charge on any atom is -0.480 e. The molecule has 0 aromatic heterocycles. The van der Waals surface area contributed by atoms with E-state index in [0.717, 1.165) is 36.4 Å². The summed E-state index contributed by atoms with van der Waals surface area (Å²) in [6, 6.07) is 10.7. The van der Waals surface area contributed by atoms with Gasteiger partial charge < -0.3 is 15.0 Å². The van der Waals surface area contributed by atoms with E-state index in [1.165, 1.54) is 17.0 Å². The van der Waals surface area contributed by atoms with Gasteiger partial charge in [-0.2, -0.15) is 0 Å². The fourth-order valence-electron chi connectivity index (χ4n) is 3.81. The van der Waals surface area contributed by atoms with Crippen LogP contribution in [0.1, 0.15) is 34.8 Å². The summed E-state index contributed by atoms with van der Waals surface area (Å²) in [5, 5.41) is 2.45. The van der Waals surface area contributed by atoms with Crippen LogP contribution in [0.15, 0.2) is 54.6 Å². The molecule has 0 bridgehead atoms. The first-order valence-corrected chi connectivity index (χ1v) is 10.5. The van der Waals surface area contributed by atoms with Crippen LogP contribution in [0.25, 0.3) is 0 Å². The molecule has 2 amide bonds.